The summed E-state index contributed by atoms with van der Waals surface area (Å²) in [6, 6.07) is 0. The summed E-state index contributed by atoms with van der Waals surface area (Å²) >= 11 is 9.74. The number of hydrogen-bond acceptors (Lipinski definition) is 2. The molecule has 0 fully saturated rings. The molecule has 0 aliphatic carbocycles. The van der Waals surface area contributed by atoms with E-state index in [0.717, 1.165) is 0 Å². The quantitative estimate of drug-likeness (QED) is 0.164. The van der Waals surface area contributed by atoms with E-state index in [9.17, 15) is 0 Å². The van der Waals surface area contributed by atoms with Crippen molar-refractivity contribution in [1.29, 1.82) is 0 Å². The molecule has 0 aliphatic heterocycles. The molecule has 0 spiro atoms. The first-order valence-electron chi connectivity index (χ1n) is 11.0. The Bertz CT molecular complexity index is 86.0. The number of halogens is 4. The first-order chi connectivity index (χ1) is 13.9. The molecular formula is C24H76BI4O2SnV. The fourth-order valence-electron chi connectivity index (χ4n) is 0.250. The van der Waals surface area contributed by atoms with Crippen molar-refractivity contribution in [3.05, 3.63) is 0 Å². The van der Waals surface area contributed by atoms with Gasteiger partial charge in [0.15, 0.2) is 0 Å². The van der Waals surface area contributed by atoms with Gasteiger partial charge in [0.25, 0.3) is 0 Å². The molecule has 0 amide bonds. The van der Waals surface area contributed by atoms with Crippen LogP contribution in [-0.2, 0) is 4.92 Å². The van der Waals surface area contributed by atoms with Gasteiger partial charge in [-0.25, -0.2) is 0 Å². The average Bonchev–Trinajstić information content (AvgIpc) is 2.79. The van der Waals surface area contributed by atoms with E-state index in [4.69, 9.17) is 10.0 Å². The van der Waals surface area contributed by atoms with Crippen molar-refractivity contribution in [3.63, 3.8) is 0 Å². The van der Waals surface area contributed by atoms with Crippen LogP contribution in [0.1, 0.15) is 140 Å². The van der Waals surface area contributed by atoms with Gasteiger partial charge in [-0.1, -0.05) is 149 Å². The molecule has 0 heterocycles. The zero-order chi connectivity index (χ0) is 27.3. The van der Waals surface area contributed by atoms with E-state index >= 15 is 0 Å². The molecule has 0 saturated carbocycles. The van der Waals surface area contributed by atoms with Crippen LogP contribution < -0.4 is 0 Å². The van der Waals surface area contributed by atoms with Crippen LogP contribution in [-0.4, -0.2) is 43.2 Å². The van der Waals surface area contributed by atoms with Gasteiger partial charge < -0.3 is 10.0 Å². The summed E-state index contributed by atoms with van der Waals surface area (Å²) in [6.45, 7) is 31.5. The molecule has 0 bridgehead atoms. The van der Waals surface area contributed by atoms with Crippen molar-refractivity contribution in [3.8, 4) is 0 Å². The van der Waals surface area contributed by atoms with Gasteiger partial charge in [-0.05, 0) is 11.8 Å². The Balaban J connectivity index is -0.00000000842. The van der Waals surface area contributed by atoms with Crippen LogP contribution in [0.4, 0.5) is 0 Å². The van der Waals surface area contributed by atoms with Crippen LogP contribution >= 0.6 is 82.5 Å². The number of rotatable bonds is 2. The van der Waals surface area contributed by atoms with Gasteiger partial charge in [-0.3, -0.25) is 0 Å². The van der Waals surface area contributed by atoms with Crippen LogP contribution in [0.3, 0.4) is 0 Å². The minimum absolute atomic E-state index is 0. The summed E-state index contributed by atoms with van der Waals surface area (Å²) in [5.74, 6) is 0. The van der Waals surface area contributed by atoms with Crippen molar-refractivity contribution < 1.29 is 15.0 Å². The maximum atomic E-state index is 7.61. The zero-order valence-electron chi connectivity index (χ0n) is 23.3. The Morgan fingerprint density at radius 3 is 0.697 bits per heavy atom. The van der Waals surface area contributed by atoms with Crippen molar-refractivity contribution >= 4 is 111 Å². The van der Waals surface area contributed by atoms with Gasteiger partial charge in [0.05, 0.1) is 0 Å². The second-order valence-corrected chi connectivity index (χ2v) is 40.7. The Hall–Kier alpha value is 4.29. The van der Waals surface area contributed by atoms with Crippen LogP contribution in [0.25, 0.3) is 0 Å². The standard InChI is InChI=1S/C3H7.7C2H6.CH5BO2.CH3I.4CH4.CH3.3HI.Sn.V/c1-3-2;7*1-2;1-2(3)4;1-2;;;;;;;;;;/h1,3H2,2H3;7*1-2H3;3-4H,1H3;1H3;4*1H4;1H3;3*1H;;/q;;;;;;;;;;;;;;;;;;;+3/p-3. The van der Waals surface area contributed by atoms with Gasteiger partial charge >= 0.3 is 116 Å². The summed E-state index contributed by atoms with van der Waals surface area (Å²) < 4.78 is 1.56. The van der Waals surface area contributed by atoms with E-state index in [2.05, 4.69) is 94.4 Å². The van der Waals surface area contributed by atoms with E-state index in [1.165, 1.54) is 13.2 Å². The van der Waals surface area contributed by atoms with Gasteiger partial charge in [0.2, 0.25) is 0 Å². The van der Waals surface area contributed by atoms with Gasteiger partial charge in [0.1, 0.15) is 0 Å². The van der Waals surface area contributed by atoms with Crippen molar-refractivity contribution in [2.75, 3.05) is 4.93 Å². The molecule has 0 rings (SSSR count). The molecule has 0 aromatic heterocycles. The van der Waals surface area contributed by atoms with Crippen LogP contribution in [0.5, 0.6) is 0 Å². The molecule has 2 N–H and O–H groups in total. The van der Waals surface area contributed by atoms with E-state index < -0.39 is 7.12 Å². The second kappa shape index (κ2) is 256. The van der Waals surface area contributed by atoms with Crippen LogP contribution in [0.15, 0.2) is 0 Å². The summed E-state index contributed by atoms with van der Waals surface area (Å²) in [7, 11) is -1.17. The minimum atomic E-state index is -1.17. The molecule has 0 atom stereocenters. The molecule has 0 aromatic rings. The van der Waals surface area contributed by atoms with Crippen molar-refractivity contribution in [1.82, 2.24) is 0 Å². The summed E-state index contributed by atoms with van der Waals surface area (Å²) in [6.07, 6.45) is 1.42. The fourth-order valence-corrected chi connectivity index (χ4v) is 1.68. The fraction of sp³-hybridized carbons (Fsp3) is 1.00. The molecule has 2 radical (unpaired) electrons. The molecular weight excluding hydrogens is 1010 g/mol. The molecule has 33 heavy (non-hydrogen) atoms. The predicted octanol–water partition coefficient (Wildman–Crippen LogP) is 14.1. The molecule has 224 valence electrons. The molecule has 9 heteroatoms. The number of hydrogen-bond donors (Lipinski definition) is 2. The summed E-state index contributed by atoms with van der Waals surface area (Å²) in [5, 5.41) is 15.2. The van der Waals surface area contributed by atoms with Crippen molar-refractivity contribution in [2.24, 2.45) is 0 Å². The summed E-state index contributed by atoms with van der Waals surface area (Å²) in [5.41, 5.74) is 0. The molecule has 0 aliphatic rings. The van der Waals surface area contributed by atoms with Crippen LogP contribution in [0, 0.1) is 0 Å². The first-order valence-corrected chi connectivity index (χ1v) is 31.6. The monoisotopic (exact) mass is 1090 g/mol. The van der Waals surface area contributed by atoms with Gasteiger partial charge in [-0.15, -0.1) is 0 Å². The van der Waals surface area contributed by atoms with Crippen LogP contribution in [0.2, 0.25) is 16.2 Å². The van der Waals surface area contributed by atoms with E-state index in [1.807, 2.05) is 102 Å². The average molecular weight is 1080 g/mol. The molecule has 2 nitrogen and oxygen atoms in total. The van der Waals surface area contributed by atoms with E-state index in [0.29, 0.717) is 0 Å². The first kappa shape index (κ1) is 98.8. The van der Waals surface area contributed by atoms with Gasteiger partial charge in [-0.2, -0.15) is 0 Å². The number of alkyl halides is 1. The molecule has 0 aromatic carbocycles. The van der Waals surface area contributed by atoms with Crippen molar-refractivity contribution in [2.45, 2.75) is 156 Å². The third kappa shape index (κ3) is 1080. The van der Waals surface area contributed by atoms with E-state index in [-0.39, 0.29) is 55.8 Å². The Labute approximate surface area is 282 Å². The third-order valence-corrected chi connectivity index (χ3v) is 3.35. The maximum absolute atomic E-state index is 7.61. The van der Waals surface area contributed by atoms with E-state index in [1.54, 1.807) is 4.44 Å². The topological polar surface area (TPSA) is 40.5 Å². The molecule has 0 unspecified atom stereocenters. The second-order valence-electron chi connectivity index (χ2n) is 1.93. The zero-order valence-corrected chi connectivity index (χ0v) is 36.2. The third-order valence-electron chi connectivity index (χ3n) is 0.500. The Kier molecular flexibility index (Phi) is 767. The molecule has 0 saturated heterocycles. The Morgan fingerprint density at radius 2 is 0.697 bits per heavy atom. The van der Waals surface area contributed by atoms with Gasteiger partial charge in [0, 0.05) is 0 Å². The SMILES string of the molecule is C.C.C.C.CB(O)O.CC.CC.CC.CC.CC.CC.CC.CC[CH2][Sn][CH3].CI.[I][V]([I])[I]. The summed E-state index contributed by atoms with van der Waals surface area (Å²) in [4.78, 5) is 4.07. The normalized spacial score (nSPS) is 4.64. The predicted molar refractivity (Wildman–Crippen MR) is 211 cm³/mol. The Morgan fingerprint density at radius 1 is 0.606 bits per heavy atom.